The van der Waals surface area contributed by atoms with Gasteiger partial charge in [-0.25, -0.2) is 4.79 Å². The van der Waals surface area contributed by atoms with E-state index in [0.717, 1.165) is 0 Å². The first-order valence-corrected chi connectivity index (χ1v) is 9.18. The predicted molar refractivity (Wildman–Crippen MR) is 98.6 cm³/mol. The number of carboxylic acid groups (broad SMARTS) is 2. The predicted octanol–water partition coefficient (Wildman–Crippen LogP) is -0.975. The van der Waals surface area contributed by atoms with Crippen molar-refractivity contribution in [1.82, 2.24) is 4.90 Å². The standard InChI is InChI=1S/C17H22BN2O9/c19-11(16(22)23)2-4-13(21)20-7-10(8-20)28-12-3-1-9-5-6-18(26,27)29-15(9)14(12)17(24)25/h1,3,10-11,26-27H,2,4-8,19H2,(H,22,23)(H,24,25)/q-1/t11-/m1/s1. The molecular weight excluding hydrogens is 387 g/mol. The van der Waals surface area contributed by atoms with E-state index in [9.17, 15) is 29.5 Å². The maximum atomic E-state index is 12.0. The fourth-order valence-corrected chi connectivity index (χ4v) is 3.29. The summed E-state index contributed by atoms with van der Waals surface area (Å²) in [5.41, 5.74) is 5.62. The van der Waals surface area contributed by atoms with Crippen molar-refractivity contribution in [3.8, 4) is 11.5 Å². The molecule has 0 spiro atoms. The molecule has 158 valence electrons. The number of hydrogen-bond donors (Lipinski definition) is 5. The third-order valence-electron chi connectivity index (χ3n) is 4.99. The van der Waals surface area contributed by atoms with E-state index >= 15 is 0 Å². The number of aromatic carboxylic acids is 1. The molecule has 0 aliphatic carbocycles. The van der Waals surface area contributed by atoms with Crippen LogP contribution >= 0.6 is 0 Å². The lowest BCUT2D eigenvalue weighted by atomic mass is 9.70. The summed E-state index contributed by atoms with van der Waals surface area (Å²) in [6.07, 6.45) is -0.215. The highest BCUT2D eigenvalue weighted by atomic mass is 16.6. The molecule has 1 fully saturated rings. The lowest BCUT2D eigenvalue weighted by Gasteiger charge is -2.40. The van der Waals surface area contributed by atoms with Crippen molar-refractivity contribution < 1.29 is 44.0 Å². The molecule has 0 saturated carbocycles. The van der Waals surface area contributed by atoms with E-state index in [-0.39, 0.29) is 61.6 Å². The summed E-state index contributed by atoms with van der Waals surface area (Å²) in [6, 6.07) is 1.99. The van der Waals surface area contributed by atoms with Crippen LogP contribution in [0.1, 0.15) is 28.8 Å². The summed E-state index contributed by atoms with van der Waals surface area (Å²) in [5, 5.41) is 37.8. The number of benzene rings is 1. The van der Waals surface area contributed by atoms with E-state index in [1.165, 1.54) is 11.0 Å². The molecular formula is C17H22BN2O9-. The number of ether oxygens (including phenoxy) is 1. The molecule has 2 heterocycles. The topological polar surface area (TPSA) is 180 Å². The number of carbonyl (C=O) groups excluding carboxylic acids is 1. The van der Waals surface area contributed by atoms with Gasteiger partial charge in [-0.2, -0.15) is 0 Å². The highest BCUT2D eigenvalue weighted by molar-refractivity contribution is 6.59. The molecule has 0 radical (unpaired) electrons. The van der Waals surface area contributed by atoms with Crippen LogP contribution in [0.3, 0.4) is 0 Å². The summed E-state index contributed by atoms with van der Waals surface area (Å²) in [6.45, 7) is -2.70. The van der Waals surface area contributed by atoms with E-state index in [2.05, 4.69) is 0 Å². The molecule has 0 aromatic heterocycles. The van der Waals surface area contributed by atoms with E-state index in [1.54, 1.807) is 6.07 Å². The summed E-state index contributed by atoms with van der Waals surface area (Å²) >= 11 is 0. The van der Waals surface area contributed by atoms with Crippen molar-refractivity contribution in [1.29, 1.82) is 0 Å². The Morgan fingerprint density at radius 1 is 1.28 bits per heavy atom. The number of carboxylic acids is 2. The van der Waals surface area contributed by atoms with Crippen molar-refractivity contribution in [2.45, 2.75) is 37.7 Å². The van der Waals surface area contributed by atoms with E-state index in [1.807, 2.05) is 0 Å². The van der Waals surface area contributed by atoms with Crippen LogP contribution in [0, 0.1) is 0 Å². The maximum absolute atomic E-state index is 12.0. The fraction of sp³-hybridized carbons (Fsp3) is 0.471. The second-order valence-electron chi connectivity index (χ2n) is 7.27. The normalized spacial score (nSPS) is 18.8. The van der Waals surface area contributed by atoms with Crippen LogP contribution in [-0.4, -0.2) is 75.0 Å². The van der Waals surface area contributed by atoms with Gasteiger partial charge in [0.15, 0.2) is 0 Å². The van der Waals surface area contributed by atoms with Crippen LogP contribution in [0.2, 0.25) is 6.32 Å². The van der Waals surface area contributed by atoms with Crippen LogP contribution in [0.4, 0.5) is 0 Å². The molecule has 1 amide bonds. The van der Waals surface area contributed by atoms with Crippen LogP contribution in [0.5, 0.6) is 11.5 Å². The Bertz CT molecular complexity index is 838. The minimum atomic E-state index is -3.13. The van der Waals surface area contributed by atoms with Crippen LogP contribution in [0.25, 0.3) is 0 Å². The number of fused-ring (bicyclic) bond motifs is 1. The van der Waals surface area contributed by atoms with Gasteiger partial charge < -0.3 is 40.3 Å². The molecule has 1 saturated heterocycles. The van der Waals surface area contributed by atoms with Crippen molar-refractivity contribution in [2.75, 3.05) is 13.1 Å². The van der Waals surface area contributed by atoms with Crippen molar-refractivity contribution in [3.63, 3.8) is 0 Å². The van der Waals surface area contributed by atoms with Crippen molar-refractivity contribution >= 4 is 24.6 Å². The Morgan fingerprint density at radius 3 is 2.59 bits per heavy atom. The summed E-state index contributed by atoms with van der Waals surface area (Å²) < 4.78 is 10.8. The molecule has 1 atom stereocenters. The average Bonchev–Trinajstić information content (AvgIpc) is 2.60. The zero-order valence-electron chi connectivity index (χ0n) is 15.5. The second-order valence-corrected chi connectivity index (χ2v) is 7.27. The molecule has 1 aromatic rings. The van der Waals surface area contributed by atoms with Gasteiger partial charge in [-0.1, -0.05) is 12.4 Å². The number of likely N-dealkylation sites (tertiary alicyclic amines) is 1. The highest BCUT2D eigenvalue weighted by Crippen LogP contribution is 2.38. The first-order chi connectivity index (χ1) is 13.6. The summed E-state index contributed by atoms with van der Waals surface area (Å²) in [4.78, 5) is 35.9. The van der Waals surface area contributed by atoms with Crippen LogP contribution in [0.15, 0.2) is 12.1 Å². The minimum Gasteiger partial charge on any atom is -0.669 e. The quantitative estimate of drug-likeness (QED) is 0.352. The molecule has 12 heteroatoms. The maximum Gasteiger partial charge on any atom is 0.430 e. The van der Waals surface area contributed by atoms with Gasteiger partial charge in [-0.15, -0.1) is 0 Å². The number of hydrogen-bond acceptors (Lipinski definition) is 8. The van der Waals surface area contributed by atoms with E-state index in [4.69, 9.17) is 20.2 Å². The smallest absolute Gasteiger partial charge is 0.430 e. The molecule has 6 N–H and O–H groups in total. The van der Waals surface area contributed by atoms with Gasteiger partial charge in [0, 0.05) is 6.42 Å². The minimum absolute atomic E-state index is 0.00903. The van der Waals surface area contributed by atoms with Gasteiger partial charge in [-0.05, 0) is 24.5 Å². The number of carbonyl (C=O) groups is 3. The lowest BCUT2D eigenvalue weighted by Crippen LogP contribution is -2.56. The average molecular weight is 409 g/mol. The number of amides is 1. The molecule has 0 bridgehead atoms. The molecule has 29 heavy (non-hydrogen) atoms. The highest BCUT2D eigenvalue weighted by Gasteiger charge is 2.36. The number of aliphatic carboxylic acids is 1. The third kappa shape index (κ3) is 4.61. The number of nitrogens with zero attached hydrogens (tertiary/aromatic N) is 1. The van der Waals surface area contributed by atoms with Crippen LogP contribution < -0.4 is 15.1 Å². The Labute approximate surface area is 165 Å². The van der Waals surface area contributed by atoms with Gasteiger partial charge in [0.25, 0.3) is 0 Å². The van der Waals surface area contributed by atoms with Crippen molar-refractivity contribution in [2.24, 2.45) is 5.73 Å². The number of nitrogens with two attached hydrogens (primary N) is 1. The third-order valence-corrected chi connectivity index (χ3v) is 4.99. The lowest BCUT2D eigenvalue weighted by molar-refractivity contribution is -0.141. The van der Waals surface area contributed by atoms with E-state index in [0.29, 0.717) is 5.56 Å². The zero-order valence-corrected chi connectivity index (χ0v) is 15.5. The number of aryl methyl sites for hydroxylation is 1. The van der Waals surface area contributed by atoms with Gasteiger partial charge in [0.1, 0.15) is 23.5 Å². The van der Waals surface area contributed by atoms with Gasteiger partial charge in [0.2, 0.25) is 5.91 Å². The van der Waals surface area contributed by atoms with Crippen LogP contribution in [-0.2, 0) is 16.0 Å². The first kappa shape index (κ1) is 20.9. The Balaban J connectivity index is 1.63. The van der Waals surface area contributed by atoms with Gasteiger partial charge in [0.05, 0.1) is 18.8 Å². The second kappa shape index (κ2) is 7.89. The monoisotopic (exact) mass is 409 g/mol. The molecule has 3 rings (SSSR count). The molecule has 2 aliphatic rings. The van der Waals surface area contributed by atoms with Gasteiger partial charge in [-0.3, -0.25) is 9.59 Å². The largest absolute Gasteiger partial charge is 0.669 e. The van der Waals surface area contributed by atoms with Gasteiger partial charge >= 0.3 is 18.7 Å². The Kier molecular flexibility index (Phi) is 5.69. The van der Waals surface area contributed by atoms with Crippen molar-refractivity contribution in [3.05, 3.63) is 23.3 Å². The SMILES string of the molecule is N[C@H](CCC(=O)N1CC(Oc2ccc3c(c2C(=O)O)O[B-](O)(O)CC3)C1)C(=O)O. The zero-order chi connectivity index (χ0) is 21.3. The Morgan fingerprint density at radius 2 is 1.97 bits per heavy atom. The summed E-state index contributed by atoms with van der Waals surface area (Å²) in [5.74, 6) is -2.88. The Hall–Kier alpha value is -2.83. The van der Waals surface area contributed by atoms with E-state index < -0.39 is 30.8 Å². The molecule has 1 aromatic carbocycles. The molecule has 11 nitrogen and oxygen atoms in total. The number of rotatable bonds is 7. The molecule has 0 unspecified atom stereocenters. The summed E-state index contributed by atoms with van der Waals surface area (Å²) in [7, 11) is 0. The first-order valence-electron chi connectivity index (χ1n) is 9.18. The fourth-order valence-electron chi connectivity index (χ4n) is 3.29. The molecule has 2 aliphatic heterocycles.